The van der Waals surface area contributed by atoms with E-state index in [9.17, 15) is 13.2 Å². The van der Waals surface area contributed by atoms with E-state index in [0.29, 0.717) is 5.56 Å². The Hall–Kier alpha value is -1.91. The number of aromatic nitrogens is 2. The number of nitrogens with zero attached hydrogens (tertiary/aromatic N) is 2. The fourth-order valence-corrected chi connectivity index (χ4v) is 2.00. The number of hydrogen-bond donors (Lipinski definition) is 0. The number of halogens is 3. The van der Waals surface area contributed by atoms with E-state index in [0.717, 1.165) is 11.6 Å². The zero-order chi connectivity index (χ0) is 15.8. The molecule has 0 aliphatic rings. The van der Waals surface area contributed by atoms with Crippen molar-refractivity contribution in [2.75, 3.05) is 0 Å². The highest BCUT2D eigenvalue weighted by Crippen LogP contribution is 2.31. The Balaban J connectivity index is 2.45. The van der Waals surface area contributed by atoms with Gasteiger partial charge in [0.15, 0.2) is 0 Å². The summed E-state index contributed by atoms with van der Waals surface area (Å²) >= 11 is 0. The van der Waals surface area contributed by atoms with Gasteiger partial charge in [-0.15, -0.1) is 0 Å². The van der Waals surface area contributed by atoms with Crippen LogP contribution < -0.4 is 0 Å². The van der Waals surface area contributed by atoms with Crippen LogP contribution in [0.25, 0.3) is 11.3 Å². The van der Waals surface area contributed by atoms with Gasteiger partial charge in [0.2, 0.25) is 0 Å². The van der Waals surface area contributed by atoms with Gasteiger partial charge in [0, 0.05) is 5.56 Å². The maximum absolute atomic E-state index is 12.8. The molecule has 112 valence electrons. The number of rotatable bonds is 1. The number of aryl methyl sites for hydroxylation is 1. The second-order valence-electron chi connectivity index (χ2n) is 6.01. The second kappa shape index (κ2) is 5.13. The van der Waals surface area contributed by atoms with E-state index in [4.69, 9.17) is 0 Å². The monoisotopic (exact) mass is 294 g/mol. The quantitative estimate of drug-likeness (QED) is 0.757. The van der Waals surface area contributed by atoms with Crippen LogP contribution >= 0.6 is 0 Å². The second-order valence-corrected chi connectivity index (χ2v) is 6.01. The van der Waals surface area contributed by atoms with E-state index in [1.807, 2.05) is 12.1 Å². The molecule has 0 radical (unpaired) electrons. The van der Waals surface area contributed by atoms with Crippen molar-refractivity contribution in [2.45, 2.75) is 39.3 Å². The lowest BCUT2D eigenvalue weighted by atomic mass is 9.86. The van der Waals surface area contributed by atoms with Crippen LogP contribution in [0.3, 0.4) is 0 Å². The molecule has 1 heterocycles. The first-order chi connectivity index (χ1) is 9.57. The predicted octanol–water partition coefficient (Wildman–Crippen LogP) is 4.77. The molecule has 0 aliphatic heterocycles. The minimum Gasteiger partial charge on any atom is -0.233 e. The highest BCUT2D eigenvalue weighted by molar-refractivity contribution is 5.60. The Kier molecular flexibility index (Phi) is 3.78. The van der Waals surface area contributed by atoms with Gasteiger partial charge in [-0.2, -0.15) is 13.2 Å². The van der Waals surface area contributed by atoms with Crippen LogP contribution in [0.2, 0.25) is 0 Å². The molecule has 0 saturated carbocycles. The van der Waals surface area contributed by atoms with E-state index in [-0.39, 0.29) is 16.9 Å². The summed E-state index contributed by atoms with van der Waals surface area (Å²) in [7, 11) is 0. The minimum atomic E-state index is -4.46. The predicted molar refractivity (Wildman–Crippen MR) is 75.9 cm³/mol. The maximum atomic E-state index is 12.8. The van der Waals surface area contributed by atoms with Crippen LogP contribution in [0.15, 0.2) is 30.3 Å². The summed E-state index contributed by atoms with van der Waals surface area (Å²) in [6.07, 6.45) is -4.46. The molecule has 0 saturated heterocycles. The van der Waals surface area contributed by atoms with E-state index < -0.39 is 11.9 Å². The van der Waals surface area contributed by atoms with Crippen molar-refractivity contribution in [1.82, 2.24) is 9.97 Å². The van der Waals surface area contributed by atoms with Gasteiger partial charge in [-0.3, -0.25) is 0 Å². The third-order valence-electron chi connectivity index (χ3n) is 3.18. The van der Waals surface area contributed by atoms with E-state index in [1.165, 1.54) is 6.92 Å². The van der Waals surface area contributed by atoms with Crippen LogP contribution in [-0.4, -0.2) is 9.97 Å². The Labute approximate surface area is 122 Å². The van der Waals surface area contributed by atoms with Crippen LogP contribution in [-0.2, 0) is 11.6 Å². The van der Waals surface area contributed by atoms with Crippen molar-refractivity contribution in [1.29, 1.82) is 0 Å². The lowest BCUT2D eigenvalue weighted by Crippen LogP contribution is -2.11. The molecule has 0 N–H and O–H groups in total. The smallest absolute Gasteiger partial charge is 0.233 e. The zero-order valence-electron chi connectivity index (χ0n) is 12.4. The number of hydrogen-bond acceptors (Lipinski definition) is 2. The highest BCUT2D eigenvalue weighted by atomic mass is 19.4. The summed E-state index contributed by atoms with van der Waals surface area (Å²) in [5, 5.41) is 0. The van der Waals surface area contributed by atoms with Crippen LogP contribution in [0, 0.1) is 6.92 Å². The topological polar surface area (TPSA) is 25.8 Å². The molecule has 2 nitrogen and oxygen atoms in total. The summed E-state index contributed by atoms with van der Waals surface area (Å²) in [5.41, 5.74) is 1.14. The van der Waals surface area contributed by atoms with Gasteiger partial charge >= 0.3 is 6.18 Å². The van der Waals surface area contributed by atoms with Crippen molar-refractivity contribution in [3.63, 3.8) is 0 Å². The van der Waals surface area contributed by atoms with Crippen LogP contribution in [0.4, 0.5) is 13.2 Å². The molecule has 0 spiro atoms. The number of alkyl halides is 3. The van der Waals surface area contributed by atoms with Gasteiger partial charge in [-0.1, -0.05) is 45.0 Å². The Morgan fingerprint density at radius 2 is 1.48 bits per heavy atom. The zero-order valence-corrected chi connectivity index (χ0v) is 12.4. The molecule has 2 rings (SSSR count). The summed E-state index contributed by atoms with van der Waals surface area (Å²) in [4.78, 5) is 7.55. The molecule has 0 aliphatic carbocycles. The van der Waals surface area contributed by atoms with Gasteiger partial charge in [0.1, 0.15) is 11.5 Å². The summed E-state index contributed by atoms with van der Waals surface area (Å²) in [6, 6.07) is 8.41. The SMILES string of the molecule is Cc1nc(-c2ccc(C(C)(C)C)cc2)cc(C(F)(F)F)n1. The minimum absolute atomic E-state index is 0.00273. The Morgan fingerprint density at radius 1 is 0.905 bits per heavy atom. The molecule has 0 bridgehead atoms. The number of benzene rings is 1. The molecule has 0 amide bonds. The van der Waals surface area contributed by atoms with Crippen molar-refractivity contribution < 1.29 is 13.2 Å². The van der Waals surface area contributed by atoms with Crippen molar-refractivity contribution >= 4 is 0 Å². The molecule has 0 unspecified atom stereocenters. The van der Waals surface area contributed by atoms with E-state index >= 15 is 0 Å². The Morgan fingerprint density at radius 3 is 1.95 bits per heavy atom. The maximum Gasteiger partial charge on any atom is 0.433 e. The molecule has 1 aromatic heterocycles. The third kappa shape index (κ3) is 3.60. The summed E-state index contributed by atoms with van der Waals surface area (Å²) in [6.45, 7) is 7.71. The van der Waals surface area contributed by atoms with Gasteiger partial charge in [0.05, 0.1) is 5.69 Å². The first kappa shape index (κ1) is 15.5. The fraction of sp³-hybridized carbons (Fsp3) is 0.375. The third-order valence-corrected chi connectivity index (χ3v) is 3.18. The molecule has 5 heteroatoms. The molecule has 2 aromatic rings. The molecular formula is C16H17F3N2. The van der Waals surface area contributed by atoms with Crippen molar-refractivity contribution in [3.05, 3.63) is 47.4 Å². The highest BCUT2D eigenvalue weighted by Gasteiger charge is 2.33. The van der Waals surface area contributed by atoms with Gasteiger partial charge in [-0.25, -0.2) is 9.97 Å². The molecule has 0 fully saturated rings. The molecule has 0 atom stereocenters. The van der Waals surface area contributed by atoms with Crippen LogP contribution in [0.5, 0.6) is 0 Å². The lowest BCUT2D eigenvalue weighted by Gasteiger charge is -2.19. The first-order valence-electron chi connectivity index (χ1n) is 6.61. The average molecular weight is 294 g/mol. The van der Waals surface area contributed by atoms with E-state index in [2.05, 4.69) is 30.7 Å². The first-order valence-corrected chi connectivity index (χ1v) is 6.61. The van der Waals surface area contributed by atoms with E-state index in [1.54, 1.807) is 12.1 Å². The van der Waals surface area contributed by atoms with Crippen molar-refractivity contribution in [2.24, 2.45) is 0 Å². The fourth-order valence-electron chi connectivity index (χ4n) is 2.00. The molecular weight excluding hydrogens is 277 g/mol. The molecule has 1 aromatic carbocycles. The Bertz CT molecular complexity index is 638. The van der Waals surface area contributed by atoms with Gasteiger partial charge in [0.25, 0.3) is 0 Å². The lowest BCUT2D eigenvalue weighted by molar-refractivity contribution is -0.141. The summed E-state index contributed by atoms with van der Waals surface area (Å²) in [5.74, 6) is 0.111. The van der Waals surface area contributed by atoms with Gasteiger partial charge in [-0.05, 0) is 24.0 Å². The summed E-state index contributed by atoms with van der Waals surface area (Å²) < 4.78 is 38.4. The average Bonchev–Trinajstić information content (AvgIpc) is 2.36. The standard InChI is InChI=1S/C16H17F3N2/c1-10-20-13(9-14(21-10)16(17,18)19)11-5-7-12(8-6-11)15(2,3)4/h5-9H,1-4H3. The normalized spacial score (nSPS) is 12.5. The molecule has 21 heavy (non-hydrogen) atoms. The van der Waals surface area contributed by atoms with Gasteiger partial charge < -0.3 is 0 Å². The van der Waals surface area contributed by atoms with Crippen molar-refractivity contribution in [3.8, 4) is 11.3 Å². The largest absolute Gasteiger partial charge is 0.433 e. The van der Waals surface area contributed by atoms with Crippen LogP contribution in [0.1, 0.15) is 37.9 Å².